The van der Waals surface area contributed by atoms with Crippen LogP contribution in [-0.2, 0) is 6.18 Å². The fraction of sp³-hybridized carbons (Fsp3) is 0.105. The van der Waals surface area contributed by atoms with E-state index in [0.717, 1.165) is 12.1 Å². The van der Waals surface area contributed by atoms with Gasteiger partial charge in [-0.15, -0.1) is 0 Å². The highest BCUT2D eigenvalue weighted by molar-refractivity contribution is 6.08. The van der Waals surface area contributed by atoms with Crippen molar-refractivity contribution >= 4 is 32.7 Å². The van der Waals surface area contributed by atoms with Crippen LogP contribution in [0.1, 0.15) is 5.56 Å². The van der Waals surface area contributed by atoms with Crippen LogP contribution in [0.4, 0.5) is 13.2 Å². The molecule has 0 aliphatic heterocycles. The maximum absolute atomic E-state index is 13.1. The van der Waals surface area contributed by atoms with E-state index in [1.54, 1.807) is 30.3 Å². The Bertz CT molecular complexity index is 1190. The predicted octanol–water partition coefficient (Wildman–Crippen LogP) is 5.13. The van der Waals surface area contributed by atoms with Crippen molar-refractivity contribution in [2.24, 2.45) is 0 Å². The molecule has 6 heteroatoms. The third-order valence-corrected chi connectivity index (χ3v) is 4.19. The Kier molecular flexibility index (Phi) is 3.25. The van der Waals surface area contributed by atoms with Crippen LogP contribution >= 0.6 is 0 Å². The quantitative estimate of drug-likeness (QED) is 0.355. The molecule has 0 atom stereocenters. The lowest BCUT2D eigenvalue weighted by molar-refractivity contribution is -0.137. The van der Waals surface area contributed by atoms with Crippen molar-refractivity contribution < 1.29 is 22.3 Å². The molecule has 0 saturated carbocycles. The van der Waals surface area contributed by atoms with E-state index in [1.165, 1.54) is 13.2 Å². The number of fused-ring (bicyclic) bond motifs is 4. The molecule has 4 rings (SSSR count). The highest BCUT2D eigenvalue weighted by Gasteiger charge is 2.30. The SMILES string of the molecule is COc1cccc2c(=O)c3c(ccc4ccc(C(F)(F)F)cc43)oc12. The number of para-hydroxylation sites is 1. The number of hydrogen-bond acceptors (Lipinski definition) is 3. The second-order valence-electron chi connectivity index (χ2n) is 5.64. The van der Waals surface area contributed by atoms with Gasteiger partial charge < -0.3 is 9.15 Å². The van der Waals surface area contributed by atoms with Crippen LogP contribution in [0.5, 0.6) is 5.75 Å². The molecule has 0 radical (unpaired) electrons. The predicted molar refractivity (Wildman–Crippen MR) is 89.1 cm³/mol. The molecule has 3 nitrogen and oxygen atoms in total. The van der Waals surface area contributed by atoms with Crippen LogP contribution in [0.15, 0.2) is 57.7 Å². The molecule has 0 N–H and O–H groups in total. The van der Waals surface area contributed by atoms with Gasteiger partial charge in [-0.1, -0.05) is 18.2 Å². The van der Waals surface area contributed by atoms with E-state index >= 15 is 0 Å². The number of halogens is 3. The minimum atomic E-state index is -4.49. The fourth-order valence-electron chi connectivity index (χ4n) is 3.00. The van der Waals surface area contributed by atoms with Crippen molar-refractivity contribution in [1.29, 1.82) is 0 Å². The summed E-state index contributed by atoms with van der Waals surface area (Å²) < 4.78 is 50.1. The Morgan fingerprint density at radius 2 is 1.76 bits per heavy atom. The van der Waals surface area contributed by atoms with E-state index in [0.29, 0.717) is 11.1 Å². The third-order valence-electron chi connectivity index (χ3n) is 4.19. The lowest BCUT2D eigenvalue weighted by Crippen LogP contribution is -2.06. The van der Waals surface area contributed by atoms with Crippen LogP contribution in [0, 0.1) is 0 Å². The largest absolute Gasteiger partial charge is 0.493 e. The van der Waals surface area contributed by atoms with E-state index in [4.69, 9.17) is 9.15 Å². The van der Waals surface area contributed by atoms with Gasteiger partial charge in [0.15, 0.2) is 11.3 Å². The Morgan fingerprint density at radius 3 is 2.48 bits per heavy atom. The number of methoxy groups -OCH3 is 1. The van der Waals surface area contributed by atoms with Crippen molar-refractivity contribution in [3.05, 3.63) is 64.3 Å². The molecule has 0 saturated heterocycles. The molecule has 1 aromatic heterocycles. The van der Waals surface area contributed by atoms with Crippen molar-refractivity contribution in [2.45, 2.75) is 6.18 Å². The molecule has 0 aliphatic rings. The summed E-state index contributed by atoms with van der Waals surface area (Å²) in [6, 6.07) is 11.4. The molecular weight excluding hydrogens is 333 g/mol. The Labute approximate surface area is 139 Å². The second kappa shape index (κ2) is 5.24. The Morgan fingerprint density at radius 1 is 1.00 bits per heavy atom. The lowest BCUT2D eigenvalue weighted by atomic mass is 10.0. The fourth-order valence-corrected chi connectivity index (χ4v) is 3.00. The number of benzene rings is 3. The molecule has 0 amide bonds. The zero-order chi connectivity index (χ0) is 17.8. The molecule has 0 fully saturated rings. The van der Waals surface area contributed by atoms with E-state index in [1.807, 2.05) is 0 Å². The zero-order valence-electron chi connectivity index (χ0n) is 13.0. The van der Waals surface area contributed by atoms with Crippen LogP contribution < -0.4 is 10.2 Å². The van der Waals surface area contributed by atoms with Crippen LogP contribution in [-0.4, -0.2) is 7.11 Å². The minimum absolute atomic E-state index is 0.129. The second-order valence-corrected chi connectivity index (χ2v) is 5.64. The maximum Gasteiger partial charge on any atom is 0.416 e. The monoisotopic (exact) mass is 344 g/mol. The molecule has 25 heavy (non-hydrogen) atoms. The summed E-state index contributed by atoms with van der Waals surface area (Å²) in [5.74, 6) is 0.389. The molecular formula is C19H11F3O3. The smallest absolute Gasteiger partial charge is 0.416 e. The molecule has 0 aliphatic carbocycles. The summed E-state index contributed by atoms with van der Waals surface area (Å²) in [4.78, 5) is 12.9. The van der Waals surface area contributed by atoms with Gasteiger partial charge in [-0.25, -0.2) is 0 Å². The summed E-state index contributed by atoms with van der Waals surface area (Å²) in [6.07, 6.45) is -4.49. The first-order valence-corrected chi connectivity index (χ1v) is 7.43. The van der Waals surface area contributed by atoms with E-state index in [9.17, 15) is 18.0 Å². The average molecular weight is 344 g/mol. The topological polar surface area (TPSA) is 39.4 Å². The molecule has 0 unspecified atom stereocenters. The van der Waals surface area contributed by atoms with Crippen molar-refractivity contribution in [2.75, 3.05) is 7.11 Å². The number of hydrogen-bond donors (Lipinski definition) is 0. The molecule has 0 spiro atoms. The van der Waals surface area contributed by atoms with Crippen LogP contribution in [0.3, 0.4) is 0 Å². The van der Waals surface area contributed by atoms with Gasteiger partial charge in [-0.05, 0) is 41.1 Å². The Hall–Kier alpha value is -3.02. The van der Waals surface area contributed by atoms with E-state index < -0.39 is 11.7 Å². The van der Waals surface area contributed by atoms with Gasteiger partial charge in [0.2, 0.25) is 5.43 Å². The highest BCUT2D eigenvalue weighted by Crippen LogP contribution is 2.34. The van der Waals surface area contributed by atoms with Gasteiger partial charge in [0.25, 0.3) is 0 Å². The van der Waals surface area contributed by atoms with Gasteiger partial charge in [0, 0.05) is 0 Å². The summed E-state index contributed by atoms with van der Waals surface area (Å²) in [7, 11) is 1.45. The summed E-state index contributed by atoms with van der Waals surface area (Å²) >= 11 is 0. The Balaban J connectivity index is 2.20. The number of ether oxygens (including phenoxy) is 1. The van der Waals surface area contributed by atoms with Gasteiger partial charge in [-0.3, -0.25) is 4.79 Å². The molecule has 0 bridgehead atoms. The summed E-state index contributed by atoms with van der Waals surface area (Å²) in [5, 5.41) is 1.14. The van der Waals surface area contributed by atoms with Gasteiger partial charge in [-0.2, -0.15) is 13.2 Å². The van der Waals surface area contributed by atoms with Crippen LogP contribution in [0.25, 0.3) is 32.7 Å². The van der Waals surface area contributed by atoms with Gasteiger partial charge in [0.1, 0.15) is 5.58 Å². The zero-order valence-corrected chi connectivity index (χ0v) is 13.0. The number of alkyl halides is 3. The standard InChI is InChI=1S/C19H11F3O3/c1-24-15-4-2-3-12-17(23)16-13-9-11(19(20,21)22)7-5-10(13)6-8-14(16)25-18(12)15/h2-9H,1H3. The van der Waals surface area contributed by atoms with Gasteiger partial charge >= 0.3 is 6.18 Å². The van der Waals surface area contributed by atoms with E-state index in [-0.39, 0.29) is 32.8 Å². The lowest BCUT2D eigenvalue weighted by Gasteiger charge is -2.10. The molecule has 4 aromatic rings. The average Bonchev–Trinajstić information content (AvgIpc) is 2.59. The first-order chi connectivity index (χ1) is 11.9. The van der Waals surface area contributed by atoms with E-state index in [2.05, 4.69) is 0 Å². The normalized spacial score (nSPS) is 12.2. The van der Waals surface area contributed by atoms with Gasteiger partial charge in [0.05, 0.1) is 23.4 Å². The van der Waals surface area contributed by atoms with Crippen LogP contribution in [0.2, 0.25) is 0 Å². The van der Waals surface area contributed by atoms with Crippen molar-refractivity contribution in [1.82, 2.24) is 0 Å². The molecule has 126 valence electrons. The molecule has 1 heterocycles. The van der Waals surface area contributed by atoms with Crippen molar-refractivity contribution in [3.8, 4) is 5.75 Å². The first kappa shape index (κ1) is 15.5. The minimum Gasteiger partial charge on any atom is -0.493 e. The highest BCUT2D eigenvalue weighted by atomic mass is 19.4. The first-order valence-electron chi connectivity index (χ1n) is 7.43. The molecule has 3 aromatic carbocycles. The number of rotatable bonds is 1. The third kappa shape index (κ3) is 2.33. The summed E-state index contributed by atoms with van der Waals surface area (Å²) in [6.45, 7) is 0. The maximum atomic E-state index is 13.1. The summed E-state index contributed by atoms with van der Waals surface area (Å²) in [5.41, 5.74) is -0.708. The van der Waals surface area contributed by atoms with Crippen molar-refractivity contribution in [3.63, 3.8) is 0 Å².